The highest BCUT2D eigenvalue weighted by molar-refractivity contribution is 7.92. The predicted molar refractivity (Wildman–Crippen MR) is 140 cm³/mol. The molecule has 1 aliphatic rings. The summed E-state index contributed by atoms with van der Waals surface area (Å²) in [5.41, 5.74) is 2.65. The lowest BCUT2D eigenvalue weighted by atomic mass is 10.0. The molecule has 0 unspecified atom stereocenters. The number of sulfone groups is 1. The number of carbonyl (C=O) groups excluding carboxylic acids is 1. The van der Waals surface area contributed by atoms with E-state index in [1.165, 1.54) is 40.7 Å². The second-order valence-corrected chi connectivity index (χ2v) is 12.8. The van der Waals surface area contributed by atoms with Gasteiger partial charge < -0.3 is 4.42 Å². The maximum Gasteiger partial charge on any atom is 0.322 e. The minimum absolute atomic E-state index is 0.0905. The van der Waals surface area contributed by atoms with Crippen LogP contribution in [-0.4, -0.2) is 45.7 Å². The number of aromatic nitrogens is 2. The number of hydrogen-bond donors (Lipinski definition) is 1. The molecule has 0 fully saturated rings. The zero-order chi connectivity index (χ0) is 26.9. The van der Waals surface area contributed by atoms with Crippen LogP contribution in [0.3, 0.4) is 0 Å². The molecule has 0 spiro atoms. The molecule has 0 saturated heterocycles. The SMILES string of the molecule is CS(=O)(=O)c1ccc(Cc2nnc(NC(=O)c3ccc(S(=O)(=O)N4CCCc5ccccc54)cc3)o2)cc1. The Morgan fingerprint density at radius 1 is 0.921 bits per heavy atom. The zero-order valence-corrected chi connectivity index (χ0v) is 22.0. The third kappa shape index (κ3) is 5.31. The monoisotopic (exact) mass is 552 g/mol. The van der Waals surface area contributed by atoms with E-state index in [9.17, 15) is 21.6 Å². The summed E-state index contributed by atoms with van der Waals surface area (Å²) in [4.78, 5) is 13.0. The third-order valence-corrected chi connectivity index (χ3v) is 9.12. The molecule has 1 aromatic heterocycles. The molecule has 3 aromatic carbocycles. The molecule has 10 nitrogen and oxygen atoms in total. The summed E-state index contributed by atoms with van der Waals surface area (Å²) in [6.07, 6.45) is 2.94. The molecule has 4 aromatic rings. The van der Waals surface area contributed by atoms with E-state index in [0.29, 0.717) is 12.2 Å². The fourth-order valence-electron chi connectivity index (χ4n) is 4.23. The van der Waals surface area contributed by atoms with Crippen molar-refractivity contribution in [3.8, 4) is 0 Å². The average Bonchev–Trinajstić information content (AvgIpc) is 3.34. The van der Waals surface area contributed by atoms with Gasteiger partial charge in [0.1, 0.15) is 0 Å². The number of benzene rings is 3. The van der Waals surface area contributed by atoms with Crippen molar-refractivity contribution in [1.29, 1.82) is 0 Å². The molecule has 1 amide bonds. The Bertz CT molecular complexity index is 1700. The van der Waals surface area contributed by atoms with Crippen molar-refractivity contribution in [2.45, 2.75) is 29.1 Å². The number of nitrogens with zero attached hydrogens (tertiary/aromatic N) is 3. The van der Waals surface area contributed by atoms with Gasteiger partial charge in [0.05, 0.1) is 21.9 Å². The molecule has 12 heteroatoms. The second-order valence-electron chi connectivity index (χ2n) is 8.88. The van der Waals surface area contributed by atoms with Crippen molar-refractivity contribution in [1.82, 2.24) is 10.2 Å². The van der Waals surface area contributed by atoms with Crippen LogP contribution in [-0.2, 0) is 32.7 Å². The normalized spacial score (nSPS) is 13.7. The average molecular weight is 553 g/mol. The van der Waals surface area contributed by atoms with Gasteiger partial charge in [-0.05, 0) is 66.4 Å². The molecule has 5 rings (SSSR count). The number of carbonyl (C=O) groups is 1. The highest BCUT2D eigenvalue weighted by Gasteiger charge is 2.29. The molecule has 1 aliphatic heterocycles. The van der Waals surface area contributed by atoms with Crippen molar-refractivity contribution in [3.05, 3.63) is 95.4 Å². The van der Waals surface area contributed by atoms with Crippen molar-refractivity contribution < 1.29 is 26.0 Å². The van der Waals surface area contributed by atoms with E-state index in [1.54, 1.807) is 18.2 Å². The number of anilines is 2. The number of aryl methyl sites for hydroxylation is 1. The lowest BCUT2D eigenvalue weighted by molar-refractivity contribution is 0.102. The number of fused-ring (bicyclic) bond motifs is 1. The first-order chi connectivity index (χ1) is 18.1. The fraction of sp³-hybridized carbons (Fsp3) is 0.192. The summed E-state index contributed by atoms with van der Waals surface area (Å²) in [5, 5.41) is 10.2. The molecule has 0 bridgehead atoms. The summed E-state index contributed by atoms with van der Waals surface area (Å²) in [6, 6.07) is 19.3. The van der Waals surface area contributed by atoms with Crippen molar-refractivity contribution in [3.63, 3.8) is 0 Å². The van der Waals surface area contributed by atoms with Crippen LogP contribution in [0.15, 0.2) is 87.0 Å². The maximum absolute atomic E-state index is 13.3. The Morgan fingerprint density at radius 3 is 2.32 bits per heavy atom. The lowest BCUT2D eigenvalue weighted by Crippen LogP contribution is -2.35. The third-order valence-electron chi connectivity index (χ3n) is 6.17. The van der Waals surface area contributed by atoms with Crippen LogP contribution < -0.4 is 9.62 Å². The van der Waals surface area contributed by atoms with E-state index >= 15 is 0 Å². The quantitative estimate of drug-likeness (QED) is 0.368. The first-order valence-corrected chi connectivity index (χ1v) is 15.1. The minimum atomic E-state index is -3.79. The van der Waals surface area contributed by atoms with Crippen LogP contribution in [0.4, 0.5) is 11.7 Å². The van der Waals surface area contributed by atoms with Gasteiger partial charge in [-0.1, -0.05) is 35.4 Å². The smallest absolute Gasteiger partial charge is 0.322 e. The molecule has 2 heterocycles. The minimum Gasteiger partial charge on any atom is -0.407 e. The van der Waals surface area contributed by atoms with Gasteiger partial charge in [0.15, 0.2) is 9.84 Å². The predicted octanol–water partition coefficient (Wildman–Crippen LogP) is 3.46. The molecule has 38 heavy (non-hydrogen) atoms. The molecule has 0 radical (unpaired) electrons. The van der Waals surface area contributed by atoms with Crippen LogP contribution in [0.2, 0.25) is 0 Å². The largest absolute Gasteiger partial charge is 0.407 e. The molecule has 0 atom stereocenters. The summed E-state index contributed by atoms with van der Waals surface area (Å²) < 4.78 is 56.7. The number of nitrogens with one attached hydrogen (secondary N) is 1. The number of para-hydroxylation sites is 1. The van der Waals surface area contributed by atoms with Crippen molar-refractivity contribution in [2.24, 2.45) is 0 Å². The highest BCUT2D eigenvalue weighted by Crippen LogP contribution is 2.31. The number of hydrogen-bond acceptors (Lipinski definition) is 8. The molecule has 1 N–H and O–H groups in total. The summed E-state index contributed by atoms with van der Waals surface area (Å²) in [5.74, 6) is -0.305. The summed E-state index contributed by atoms with van der Waals surface area (Å²) >= 11 is 0. The van der Waals surface area contributed by atoms with Gasteiger partial charge in [0.25, 0.3) is 15.9 Å². The number of rotatable bonds is 7. The molecular weight excluding hydrogens is 528 g/mol. The van der Waals surface area contributed by atoms with E-state index in [2.05, 4.69) is 15.5 Å². The first-order valence-electron chi connectivity index (χ1n) is 11.7. The fourth-order valence-corrected chi connectivity index (χ4v) is 6.40. The first kappa shape index (κ1) is 25.6. The summed E-state index contributed by atoms with van der Waals surface area (Å²) in [7, 11) is -7.08. The van der Waals surface area contributed by atoms with E-state index in [1.807, 2.05) is 18.2 Å². The van der Waals surface area contributed by atoms with Crippen LogP contribution in [0.5, 0.6) is 0 Å². The van der Waals surface area contributed by atoms with Crippen molar-refractivity contribution >= 4 is 37.5 Å². The van der Waals surface area contributed by atoms with Gasteiger partial charge in [-0.2, -0.15) is 0 Å². The number of amides is 1. The molecular formula is C26H24N4O6S2. The van der Waals surface area contributed by atoms with E-state index in [4.69, 9.17) is 4.42 Å². The Labute approximate surface area is 220 Å². The van der Waals surface area contributed by atoms with Gasteiger partial charge in [-0.25, -0.2) is 16.8 Å². The van der Waals surface area contributed by atoms with Gasteiger partial charge in [0.2, 0.25) is 5.89 Å². The van der Waals surface area contributed by atoms with Crippen LogP contribution in [0.1, 0.15) is 33.8 Å². The number of sulfonamides is 1. The standard InChI is InChI=1S/C26H24N4O6S2/c1-37(32,33)21-12-8-18(9-13-21)17-24-28-29-26(36-24)27-25(31)20-10-14-22(15-11-20)38(34,35)30-16-4-6-19-5-2-3-7-23(19)30/h2-3,5,7-15H,4,6,16-17H2,1H3,(H,27,29,31). The zero-order valence-electron chi connectivity index (χ0n) is 20.4. The Hall–Kier alpha value is -4.03. The van der Waals surface area contributed by atoms with E-state index in [-0.39, 0.29) is 33.7 Å². The molecule has 0 aliphatic carbocycles. The highest BCUT2D eigenvalue weighted by atomic mass is 32.2. The van der Waals surface area contributed by atoms with Crippen molar-refractivity contribution in [2.75, 3.05) is 22.4 Å². The molecule has 196 valence electrons. The van der Waals surface area contributed by atoms with Gasteiger partial charge in [-0.15, -0.1) is 5.10 Å². The maximum atomic E-state index is 13.3. The van der Waals surface area contributed by atoms with Crippen LogP contribution in [0, 0.1) is 0 Å². The molecule has 0 saturated carbocycles. The van der Waals surface area contributed by atoms with Gasteiger partial charge >= 0.3 is 6.01 Å². The Morgan fingerprint density at radius 2 is 1.61 bits per heavy atom. The van der Waals surface area contributed by atoms with Crippen LogP contribution >= 0.6 is 0 Å². The lowest BCUT2D eigenvalue weighted by Gasteiger charge is -2.30. The second kappa shape index (κ2) is 10.0. The summed E-state index contributed by atoms with van der Waals surface area (Å²) in [6.45, 7) is 0.392. The van der Waals surface area contributed by atoms with Crippen LogP contribution in [0.25, 0.3) is 0 Å². The topological polar surface area (TPSA) is 140 Å². The van der Waals surface area contributed by atoms with Gasteiger partial charge in [-0.3, -0.25) is 14.4 Å². The van der Waals surface area contributed by atoms with Gasteiger partial charge in [0, 0.05) is 18.4 Å². The van der Waals surface area contributed by atoms with E-state index in [0.717, 1.165) is 30.2 Å². The Balaban J connectivity index is 1.25. The Kier molecular flexibility index (Phi) is 6.76. The van der Waals surface area contributed by atoms with E-state index < -0.39 is 25.8 Å².